The Balaban J connectivity index is 2.33. The van der Waals surface area contributed by atoms with Crippen molar-refractivity contribution in [1.82, 2.24) is 10.3 Å². The number of likely N-dealkylation sites (N-methyl/N-ethyl adjacent to an activating group) is 1. The lowest BCUT2D eigenvalue weighted by atomic mass is 10.0. The summed E-state index contributed by atoms with van der Waals surface area (Å²) in [6.07, 6.45) is 1.97. The van der Waals surface area contributed by atoms with Gasteiger partial charge in [0.15, 0.2) is 0 Å². The summed E-state index contributed by atoms with van der Waals surface area (Å²) in [6, 6.07) is 10.6. The molecule has 0 amide bonds. The number of rotatable bonds is 5. The van der Waals surface area contributed by atoms with E-state index in [9.17, 15) is 0 Å². The minimum atomic E-state index is 0.147. The molecule has 1 heterocycles. The highest BCUT2D eigenvalue weighted by Gasteiger charge is 2.17. The van der Waals surface area contributed by atoms with Gasteiger partial charge in [-0.05, 0) is 44.7 Å². The molecule has 0 saturated heterocycles. The second-order valence-electron chi connectivity index (χ2n) is 4.38. The Morgan fingerprint density at radius 1 is 1.33 bits per heavy atom. The number of hydrogen-bond donors (Lipinski definition) is 1. The Hall–Kier alpha value is -1.45. The molecule has 3 nitrogen and oxygen atoms in total. The molecule has 0 fully saturated rings. The topological polar surface area (TPSA) is 34.1 Å². The molecule has 3 heteroatoms. The molecule has 0 spiro atoms. The molecule has 2 unspecified atom stereocenters. The highest BCUT2D eigenvalue weighted by molar-refractivity contribution is 5.79. The molecule has 0 aliphatic carbocycles. The Labute approximate surface area is 108 Å². The van der Waals surface area contributed by atoms with Gasteiger partial charge in [0.2, 0.25) is 0 Å². The largest absolute Gasteiger partial charge is 0.377 e. The number of aromatic nitrogens is 1. The molecule has 96 valence electrons. The monoisotopic (exact) mass is 244 g/mol. The molecule has 0 aliphatic heterocycles. The Bertz CT molecular complexity index is 513. The van der Waals surface area contributed by atoms with E-state index in [1.165, 1.54) is 10.9 Å². The fourth-order valence-corrected chi connectivity index (χ4v) is 2.32. The maximum atomic E-state index is 5.68. The van der Waals surface area contributed by atoms with E-state index in [4.69, 9.17) is 4.74 Å². The van der Waals surface area contributed by atoms with Crippen molar-refractivity contribution in [3.63, 3.8) is 0 Å². The third-order valence-electron chi connectivity index (χ3n) is 3.20. The van der Waals surface area contributed by atoms with Gasteiger partial charge in [0.25, 0.3) is 0 Å². The predicted octanol–water partition coefficient (Wildman–Crippen LogP) is 2.92. The van der Waals surface area contributed by atoms with Gasteiger partial charge in [0.05, 0.1) is 17.7 Å². The van der Waals surface area contributed by atoms with Gasteiger partial charge in [-0.2, -0.15) is 0 Å². The first-order chi connectivity index (χ1) is 8.76. The number of fused-ring (bicyclic) bond motifs is 1. The van der Waals surface area contributed by atoms with Crippen molar-refractivity contribution in [2.75, 3.05) is 13.7 Å². The fourth-order valence-electron chi connectivity index (χ4n) is 2.32. The van der Waals surface area contributed by atoms with Crippen molar-refractivity contribution < 1.29 is 4.74 Å². The molecule has 0 saturated carbocycles. The molecule has 0 aliphatic rings. The molecule has 2 rings (SSSR count). The average Bonchev–Trinajstić information content (AvgIpc) is 2.40. The van der Waals surface area contributed by atoms with Gasteiger partial charge in [-0.3, -0.25) is 4.98 Å². The second kappa shape index (κ2) is 5.94. The van der Waals surface area contributed by atoms with Crippen molar-refractivity contribution in [2.45, 2.75) is 26.0 Å². The van der Waals surface area contributed by atoms with Crippen LogP contribution in [0.25, 0.3) is 10.9 Å². The average molecular weight is 244 g/mol. The van der Waals surface area contributed by atoms with Crippen molar-refractivity contribution in [3.05, 3.63) is 42.1 Å². The SMILES string of the molecule is CCOC(C)C(NC)c1ccc2ncccc2c1. The predicted molar refractivity (Wildman–Crippen MR) is 74.6 cm³/mol. The van der Waals surface area contributed by atoms with Gasteiger partial charge < -0.3 is 10.1 Å². The molecule has 1 aromatic carbocycles. The van der Waals surface area contributed by atoms with E-state index in [0.717, 1.165) is 12.1 Å². The zero-order chi connectivity index (χ0) is 13.0. The van der Waals surface area contributed by atoms with Crippen LogP contribution in [0.1, 0.15) is 25.5 Å². The molecular formula is C15H20N2O. The van der Waals surface area contributed by atoms with Gasteiger partial charge in [-0.1, -0.05) is 12.1 Å². The van der Waals surface area contributed by atoms with Crippen molar-refractivity contribution in [2.24, 2.45) is 0 Å². The highest BCUT2D eigenvalue weighted by Crippen LogP contribution is 2.22. The molecule has 18 heavy (non-hydrogen) atoms. The molecule has 1 aromatic heterocycles. The van der Waals surface area contributed by atoms with Crippen LogP contribution in [-0.4, -0.2) is 24.7 Å². The van der Waals surface area contributed by atoms with Crippen LogP contribution in [0.2, 0.25) is 0 Å². The van der Waals surface area contributed by atoms with E-state index in [1.807, 2.05) is 26.2 Å². The lowest BCUT2D eigenvalue weighted by Crippen LogP contribution is -2.29. The van der Waals surface area contributed by atoms with Gasteiger partial charge in [0.1, 0.15) is 0 Å². The summed E-state index contributed by atoms with van der Waals surface area (Å²) < 4.78 is 5.68. The van der Waals surface area contributed by atoms with E-state index < -0.39 is 0 Å². The fraction of sp³-hybridized carbons (Fsp3) is 0.400. The normalized spacial score (nSPS) is 14.6. The van der Waals surface area contributed by atoms with Crippen molar-refractivity contribution in [1.29, 1.82) is 0 Å². The van der Waals surface area contributed by atoms with E-state index in [-0.39, 0.29) is 12.1 Å². The third-order valence-corrected chi connectivity index (χ3v) is 3.20. The standard InChI is InChI=1S/C15H20N2O/c1-4-18-11(2)15(16-3)13-7-8-14-12(10-13)6-5-9-17-14/h5-11,15-16H,4H2,1-3H3. The number of hydrogen-bond acceptors (Lipinski definition) is 3. The van der Waals surface area contributed by atoms with Gasteiger partial charge in [-0.15, -0.1) is 0 Å². The van der Waals surface area contributed by atoms with E-state index >= 15 is 0 Å². The molecule has 2 aromatic rings. The van der Waals surface area contributed by atoms with Crippen LogP contribution in [0, 0.1) is 0 Å². The summed E-state index contributed by atoms with van der Waals surface area (Å²) in [5.41, 5.74) is 2.26. The van der Waals surface area contributed by atoms with Crippen LogP contribution in [0.5, 0.6) is 0 Å². The number of pyridine rings is 1. The maximum absolute atomic E-state index is 5.68. The summed E-state index contributed by atoms with van der Waals surface area (Å²) in [7, 11) is 1.97. The first-order valence-corrected chi connectivity index (χ1v) is 6.39. The highest BCUT2D eigenvalue weighted by atomic mass is 16.5. The minimum Gasteiger partial charge on any atom is -0.377 e. The van der Waals surface area contributed by atoms with Crippen molar-refractivity contribution in [3.8, 4) is 0 Å². The second-order valence-corrected chi connectivity index (χ2v) is 4.38. The molecule has 0 bridgehead atoms. The van der Waals surface area contributed by atoms with Crippen molar-refractivity contribution >= 4 is 10.9 Å². The van der Waals surface area contributed by atoms with Crippen LogP contribution < -0.4 is 5.32 Å². The van der Waals surface area contributed by atoms with Crippen LogP contribution in [0.15, 0.2) is 36.5 Å². The number of nitrogens with one attached hydrogen (secondary N) is 1. The molecular weight excluding hydrogens is 224 g/mol. The maximum Gasteiger partial charge on any atom is 0.0741 e. The summed E-state index contributed by atoms with van der Waals surface area (Å²) in [4.78, 5) is 4.34. The van der Waals surface area contributed by atoms with E-state index in [0.29, 0.717) is 0 Å². The summed E-state index contributed by atoms with van der Waals surface area (Å²) >= 11 is 0. The van der Waals surface area contributed by atoms with Crippen LogP contribution in [0.3, 0.4) is 0 Å². The van der Waals surface area contributed by atoms with Gasteiger partial charge >= 0.3 is 0 Å². The minimum absolute atomic E-state index is 0.147. The van der Waals surface area contributed by atoms with Gasteiger partial charge in [-0.25, -0.2) is 0 Å². The number of ether oxygens (including phenoxy) is 1. The van der Waals surface area contributed by atoms with Crippen LogP contribution in [0.4, 0.5) is 0 Å². The quantitative estimate of drug-likeness (QED) is 0.878. The molecule has 2 atom stereocenters. The number of nitrogens with zero attached hydrogens (tertiary/aromatic N) is 1. The first-order valence-electron chi connectivity index (χ1n) is 6.39. The Morgan fingerprint density at radius 3 is 2.89 bits per heavy atom. The summed E-state index contributed by atoms with van der Waals surface area (Å²) in [6.45, 7) is 4.85. The van der Waals surface area contributed by atoms with E-state index in [2.05, 4.69) is 41.5 Å². The smallest absolute Gasteiger partial charge is 0.0741 e. The Kier molecular flexibility index (Phi) is 4.28. The lowest BCUT2D eigenvalue weighted by Gasteiger charge is -2.24. The summed E-state index contributed by atoms with van der Waals surface area (Å²) in [5.74, 6) is 0. The molecule has 0 radical (unpaired) electrons. The van der Waals surface area contributed by atoms with Crippen LogP contribution >= 0.6 is 0 Å². The molecule has 1 N–H and O–H groups in total. The lowest BCUT2D eigenvalue weighted by molar-refractivity contribution is 0.0493. The zero-order valence-corrected chi connectivity index (χ0v) is 11.2. The summed E-state index contributed by atoms with van der Waals surface area (Å²) in [5, 5.41) is 4.49. The van der Waals surface area contributed by atoms with E-state index in [1.54, 1.807) is 0 Å². The van der Waals surface area contributed by atoms with Crippen LogP contribution in [-0.2, 0) is 4.74 Å². The van der Waals surface area contributed by atoms with Gasteiger partial charge in [0, 0.05) is 18.2 Å². The zero-order valence-electron chi connectivity index (χ0n) is 11.2. The Morgan fingerprint density at radius 2 is 2.17 bits per heavy atom. The number of benzene rings is 1. The third kappa shape index (κ3) is 2.68. The first kappa shape index (κ1) is 13.0.